The van der Waals surface area contributed by atoms with Crippen LogP contribution in [0.5, 0.6) is 0 Å². The van der Waals surface area contributed by atoms with E-state index < -0.39 is 42.4 Å². The highest BCUT2D eigenvalue weighted by molar-refractivity contribution is 7.80. The average Bonchev–Trinajstić information content (AvgIpc) is 2.67. The number of carboxylic acid groups (broad SMARTS) is 2. The van der Waals surface area contributed by atoms with Crippen LogP contribution in [-0.4, -0.2) is 64.9 Å². The van der Waals surface area contributed by atoms with Crippen molar-refractivity contribution in [2.75, 3.05) is 18.8 Å². The number of carbonyl (C=O) groups excluding carboxylic acids is 2. The zero-order valence-corrected chi connectivity index (χ0v) is 16.2. The van der Waals surface area contributed by atoms with Crippen LogP contribution in [0.25, 0.3) is 0 Å². The third-order valence-corrected chi connectivity index (χ3v) is 4.22. The first kappa shape index (κ1) is 23.4. The Bertz CT molecular complexity index is 671. The second-order valence-electron chi connectivity index (χ2n) is 6.03. The lowest BCUT2D eigenvalue weighted by Gasteiger charge is -2.17. The number of nitrogens with one attached hydrogen (secondary N) is 3. The number of carboxylic acids is 2. The van der Waals surface area contributed by atoms with Gasteiger partial charge in [0.05, 0.1) is 0 Å². The normalized spacial score (nSPS) is 12.6. The summed E-state index contributed by atoms with van der Waals surface area (Å²) in [5.41, 5.74) is 1.07. The van der Waals surface area contributed by atoms with Gasteiger partial charge in [-0.05, 0) is 24.9 Å². The topological polar surface area (TPSA) is 145 Å². The number of aliphatic carboxylic acids is 2. The van der Waals surface area contributed by atoms with Crippen molar-refractivity contribution in [3.8, 4) is 0 Å². The fraction of sp³-hybridized carbons (Fsp3) is 0.444. The van der Waals surface area contributed by atoms with Crippen LogP contribution in [0, 0.1) is 0 Å². The van der Waals surface area contributed by atoms with Gasteiger partial charge in [-0.15, -0.1) is 0 Å². The van der Waals surface area contributed by atoms with E-state index in [2.05, 4.69) is 28.6 Å². The summed E-state index contributed by atoms with van der Waals surface area (Å²) in [5.74, 6) is -3.47. The molecule has 1 aromatic rings. The highest BCUT2D eigenvalue weighted by Gasteiger charge is 2.22. The summed E-state index contributed by atoms with van der Waals surface area (Å²) in [5, 5.41) is 25.3. The summed E-state index contributed by atoms with van der Waals surface area (Å²) in [6.45, 7) is -0.120. The fourth-order valence-electron chi connectivity index (χ4n) is 2.37. The van der Waals surface area contributed by atoms with Crippen LogP contribution in [0.1, 0.15) is 18.4 Å². The molecule has 0 aliphatic carbocycles. The minimum absolute atomic E-state index is 0.0190. The lowest BCUT2D eigenvalue weighted by atomic mass is 10.1. The largest absolute Gasteiger partial charge is 0.480 e. The van der Waals surface area contributed by atoms with Gasteiger partial charge in [0.1, 0.15) is 18.6 Å². The lowest BCUT2D eigenvalue weighted by molar-refractivity contribution is -0.140. The number of amides is 2. The molecule has 0 saturated heterocycles. The van der Waals surface area contributed by atoms with Crippen molar-refractivity contribution in [1.82, 2.24) is 16.0 Å². The molecule has 0 aromatic heterocycles. The molecule has 0 fully saturated rings. The van der Waals surface area contributed by atoms with E-state index in [4.69, 9.17) is 5.11 Å². The number of hydrogen-bond acceptors (Lipinski definition) is 6. The minimum Gasteiger partial charge on any atom is -0.480 e. The van der Waals surface area contributed by atoms with Gasteiger partial charge < -0.3 is 26.2 Å². The van der Waals surface area contributed by atoms with Gasteiger partial charge in [0.15, 0.2) is 0 Å². The molecule has 10 heteroatoms. The monoisotopic (exact) mass is 411 g/mol. The summed E-state index contributed by atoms with van der Waals surface area (Å²) in [7, 11) is 0. The first-order valence-electron chi connectivity index (χ1n) is 8.73. The molecule has 0 aliphatic rings. The second kappa shape index (κ2) is 12.7. The number of thiol groups is 1. The van der Waals surface area contributed by atoms with Gasteiger partial charge in [0.25, 0.3) is 0 Å². The van der Waals surface area contributed by atoms with Gasteiger partial charge in [0.2, 0.25) is 11.8 Å². The zero-order valence-electron chi connectivity index (χ0n) is 15.3. The minimum atomic E-state index is -1.21. The van der Waals surface area contributed by atoms with Crippen molar-refractivity contribution >= 4 is 36.4 Å². The Kier molecular flexibility index (Phi) is 10.7. The van der Waals surface area contributed by atoms with Gasteiger partial charge >= 0.3 is 11.9 Å². The molecule has 0 heterocycles. The van der Waals surface area contributed by atoms with Gasteiger partial charge in [-0.25, -0.2) is 0 Å². The van der Waals surface area contributed by atoms with Gasteiger partial charge in [-0.1, -0.05) is 30.3 Å². The van der Waals surface area contributed by atoms with Gasteiger partial charge in [-0.2, -0.15) is 12.6 Å². The van der Waals surface area contributed by atoms with Gasteiger partial charge in [-0.3, -0.25) is 19.2 Å². The molecule has 2 amide bonds. The second-order valence-corrected chi connectivity index (χ2v) is 6.40. The third kappa shape index (κ3) is 9.38. The predicted octanol–water partition coefficient (Wildman–Crippen LogP) is -0.332. The summed E-state index contributed by atoms with van der Waals surface area (Å²) in [6.07, 6.45) is 0.597. The van der Waals surface area contributed by atoms with Crippen LogP contribution in [0.15, 0.2) is 30.3 Å². The van der Waals surface area contributed by atoms with E-state index in [0.717, 1.165) is 5.56 Å². The van der Waals surface area contributed by atoms with Gasteiger partial charge in [0, 0.05) is 12.2 Å². The maximum atomic E-state index is 12.0. The SMILES string of the molecule is O=C(O)CNC(=O)[C@H](CS)NC(=O)CC[C@H](NCCc1ccccc1)C(=O)O. The molecule has 0 aliphatic heterocycles. The van der Waals surface area contributed by atoms with Crippen LogP contribution >= 0.6 is 12.6 Å². The maximum Gasteiger partial charge on any atom is 0.322 e. The van der Waals surface area contributed by atoms with Crippen LogP contribution in [-0.2, 0) is 25.6 Å². The van der Waals surface area contributed by atoms with Crippen LogP contribution < -0.4 is 16.0 Å². The molecule has 154 valence electrons. The quantitative estimate of drug-likeness (QED) is 0.244. The van der Waals surface area contributed by atoms with Crippen molar-refractivity contribution in [3.63, 3.8) is 0 Å². The van der Waals surface area contributed by atoms with E-state index in [0.29, 0.717) is 13.0 Å². The molecular weight excluding hydrogens is 386 g/mol. The lowest BCUT2D eigenvalue weighted by Crippen LogP contribution is -2.49. The Morgan fingerprint density at radius 2 is 1.71 bits per heavy atom. The van der Waals surface area contributed by atoms with E-state index in [1.807, 2.05) is 30.3 Å². The number of carbonyl (C=O) groups is 4. The fourth-order valence-corrected chi connectivity index (χ4v) is 2.63. The van der Waals surface area contributed by atoms with Crippen molar-refractivity contribution in [3.05, 3.63) is 35.9 Å². The van der Waals surface area contributed by atoms with Crippen molar-refractivity contribution in [2.45, 2.75) is 31.3 Å². The molecule has 9 nitrogen and oxygen atoms in total. The molecule has 1 aromatic carbocycles. The Morgan fingerprint density at radius 1 is 1.04 bits per heavy atom. The summed E-state index contributed by atoms with van der Waals surface area (Å²) < 4.78 is 0. The first-order valence-corrected chi connectivity index (χ1v) is 9.36. The molecule has 0 bridgehead atoms. The highest BCUT2D eigenvalue weighted by Crippen LogP contribution is 2.02. The Labute approximate surface area is 168 Å². The molecule has 1 rings (SSSR count). The Morgan fingerprint density at radius 3 is 2.29 bits per heavy atom. The molecular formula is C18H25N3O6S. The van der Waals surface area contributed by atoms with E-state index in [-0.39, 0.29) is 18.6 Å². The number of benzene rings is 1. The van der Waals surface area contributed by atoms with E-state index >= 15 is 0 Å². The highest BCUT2D eigenvalue weighted by atomic mass is 32.1. The Balaban J connectivity index is 2.42. The Hall–Kier alpha value is -2.59. The summed E-state index contributed by atoms with van der Waals surface area (Å²) in [6, 6.07) is 7.69. The molecule has 5 N–H and O–H groups in total. The van der Waals surface area contributed by atoms with Crippen molar-refractivity contribution in [2.24, 2.45) is 0 Å². The molecule has 2 atom stereocenters. The smallest absolute Gasteiger partial charge is 0.322 e. The molecule has 0 radical (unpaired) electrons. The molecule has 0 saturated carbocycles. The predicted molar refractivity (Wildman–Crippen MR) is 105 cm³/mol. The standard InChI is InChI=1S/C18H25N3O6S/c22-15(21-14(11-28)17(25)20-10-16(23)24)7-6-13(18(26)27)19-9-8-12-4-2-1-3-5-12/h1-5,13-14,19,28H,6-11H2,(H,20,25)(H,21,22)(H,23,24)(H,26,27)/t13-,14-/m0/s1. The first-order chi connectivity index (χ1) is 13.3. The van der Waals surface area contributed by atoms with E-state index in [1.165, 1.54) is 0 Å². The van der Waals surface area contributed by atoms with Crippen LogP contribution in [0.2, 0.25) is 0 Å². The average molecular weight is 411 g/mol. The van der Waals surface area contributed by atoms with E-state index in [1.54, 1.807) is 0 Å². The summed E-state index contributed by atoms with van der Waals surface area (Å²) >= 11 is 3.97. The molecule has 0 unspecified atom stereocenters. The third-order valence-electron chi connectivity index (χ3n) is 3.85. The van der Waals surface area contributed by atoms with Crippen LogP contribution in [0.4, 0.5) is 0 Å². The molecule has 0 spiro atoms. The van der Waals surface area contributed by atoms with Crippen molar-refractivity contribution in [1.29, 1.82) is 0 Å². The van der Waals surface area contributed by atoms with E-state index in [9.17, 15) is 24.3 Å². The number of hydrogen-bond donors (Lipinski definition) is 6. The number of rotatable bonds is 13. The maximum absolute atomic E-state index is 12.0. The van der Waals surface area contributed by atoms with Crippen molar-refractivity contribution < 1.29 is 29.4 Å². The molecule has 28 heavy (non-hydrogen) atoms. The van der Waals surface area contributed by atoms with Crippen LogP contribution in [0.3, 0.4) is 0 Å². The summed E-state index contributed by atoms with van der Waals surface area (Å²) in [4.78, 5) is 45.6. The zero-order chi connectivity index (χ0) is 20.9.